The molecule has 1 aromatic carbocycles. The maximum Gasteiger partial charge on any atom is 0.342 e. The van der Waals surface area contributed by atoms with Crippen molar-refractivity contribution < 1.29 is 43.1 Å². The summed E-state index contributed by atoms with van der Waals surface area (Å²) in [4.78, 5) is 30.9. The van der Waals surface area contributed by atoms with E-state index in [2.05, 4.69) is 4.98 Å². The van der Waals surface area contributed by atoms with Crippen LogP contribution < -0.4 is 14.3 Å². The van der Waals surface area contributed by atoms with Gasteiger partial charge in [0.1, 0.15) is 47.4 Å². The molecule has 12 heteroatoms. The predicted molar refractivity (Wildman–Crippen MR) is 170 cm³/mol. The number of carbonyl (C=O) groups is 2. The Bertz CT molecular complexity index is 1340. The molecule has 45 heavy (non-hydrogen) atoms. The van der Waals surface area contributed by atoms with Gasteiger partial charge in [0.15, 0.2) is 12.6 Å². The molecule has 3 heterocycles. The number of hydrogen-bond donors (Lipinski definition) is 1. The van der Waals surface area contributed by atoms with E-state index in [9.17, 15) is 14.7 Å². The number of anilines is 1. The lowest BCUT2D eigenvalue weighted by Gasteiger charge is -2.23. The van der Waals surface area contributed by atoms with Crippen LogP contribution in [0.4, 0.5) is 5.82 Å². The van der Waals surface area contributed by atoms with Crippen LogP contribution in [0.2, 0.25) is 0 Å². The van der Waals surface area contributed by atoms with Gasteiger partial charge in [-0.3, -0.25) is 0 Å². The van der Waals surface area contributed by atoms with Gasteiger partial charge in [0.25, 0.3) is 0 Å². The Hall–Kier alpha value is -3.71. The number of aliphatic hydroxyl groups is 1. The Morgan fingerprint density at radius 3 is 2.73 bits per heavy atom. The first kappa shape index (κ1) is 34.2. The Morgan fingerprint density at radius 1 is 1.18 bits per heavy atom. The van der Waals surface area contributed by atoms with Crippen LogP contribution in [0.5, 0.6) is 11.5 Å². The SMILES string of the molecule is COCOc1cc(OCCCN([B]C=O)c2ccccn2)cc2c1C(=O)OC(C)[C@H](C)/C=C\C(O)C1OC(C)(C)OC1CC=C2. The van der Waals surface area contributed by atoms with Crippen LogP contribution in [-0.2, 0) is 23.7 Å². The Balaban J connectivity index is 1.61. The van der Waals surface area contributed by atoms with Gasteiger partial charge >= 0.3 is 13.4 Å². The van der Waals surface area contributed by atoms with E-state index >= 15 is 0 Å². The number of carbonyl (C=O) groups excluding carboxylic acids is 2. The molecule has 2 aromatic rings. The van der Waals surface area contributed by atoms with Crippen LogP contribution >= 0.6 is 0 Å². The molecule has 0 saturated carbocycles. The molecular formula is C33H42BN2O9. The van der Waals surface area contributed by atoms with Gasteiger partial charge in [0.05, 0.1) is 12.7 Å². The topological polar surface area (TPSA) is 126 Å². The molecule has 1 radical (unpaired) electrons. The normalized spacial score (nSPS) is 25.2. The minimum Gasteiger partial charge on any atom is -0.493 e. The summed E-state index contributed by atoms with van der Waals surface area (Å²) in [5.41, 5.74) is 0.758. The molecule has 2 aliphatic rings. The lowest BCUT2D eigenvalue weighted by Crippen LogP contribution is -2.34. The maximum absolute atomic E-state index is 13.6. The van der Waals surface area contributed by atoms with Crippen molar-refractivity contribution in [3.8, 4) is 11.5 Å². The zero-order chi connectivity index (χ0) is 32.4. The number of rotatable bonds is 11. The highest BCUT2D eigenvalue weighted by Crippen LogP contribution is 2.35. The van der Waals surface area contributed by atoms with E-state index < -0.39 is 36.2 Å². The number of hydrogen-bond acceptors (Lipinski definition) is 11. The van der Waals surface area contributed by atoms with Gasteiger partial charge < -0.3 is 43.1 Å². The van der Waals surface area contributed by atoms with Crippen LogP contribution in [0.25, 0.3) is 6.08 Å². The van der Waals surface area contributed by atoms with Crippen LogP contribution in [0.3, 0.4) is 0 Å². The third-order valence-corrected chi connectivity index (χ3v) is 7.51. The maximum atomic E-state index is 13.6. The number of aromatic nitrogens is 1. The standard InChI is InChI=1S/C33H42BN2O9/c1-22-13-14-26(38)31-27(44-33(3,4)45-31)11-8-10-24-18-25(19-28(42-21-40-5)30(24)32(39)43-23(22)2)41-17-9-16-36(34-20-37)29-12-6-7-15-35-29/h6-8,10,12-15,18-20,22-23,26-27,31,38H,9,11,16-17,21H2,1-5H3/b10-8?,14-13-/t22-,23?,26?,27?,31?/m1/s1. The summed E-state index contributed by atoms with van der Waals surface area (Å²) in [6.45, 7) is 8.05. The summed E-state index contributed by atoms with van der Waals surface area (Å²) in [7, 11) is 2.93. The van der Waals surface area contributed by atoms with Gasteiger partial charge in [-0.1, -0.05) is 37.3 Å². The van der Waals surface area contributed by atoms with Gasteiger partial charge in [0, 0.05) is 31.8 Å². The quantitative estimate of drug-likeness (QED) is 0.0970. The second-order valence-electron chi connectivity index (χ2n) is 11.4. The molecule has 241 valence electrons. The van der Waals surface area contributed by atoms with Gasteiger partial charge in [-0.2, -0.15) is 0 Å². The van der Waals surface area contributed by atoms with Gasteiger partial charge in [-0.05, 0) is 57.4 Å². The summed E-state index contributed by atoms with van der Waals surface area (Å²) in [6, 6.07) is 8.88. The molecular weight excluding hydrogens is 579 g/mol. The van der Waals surface area contributed by atoms with Crippen molar-refractivity contribution in [1.82, 2.24) is 4.98 Å². The molecule has 0 aliphatic carbocycles. The van der Waals surface area contributed by atoms with E-state index in [0.717, 1.165) is 6.19 Å². The highest BCUT2D eigenvalue weighted by Gasteiger charge is 2.43. The van der Waals surface area contributed by atoms with Gasteiger partial charge in [0.2, 0.25) is 0 Å². The minimum atomic E-state index is -0.905. The van der Waals surface area contributed by atoms with E-state index in [1.54, 1.807) is 42.2 Å². The molecule has 2 aliphatic heterocycles. The van der Waals surface area contributed by atoms with Crippen LogP contribution in [0.15, 0.2) is 54.8 Å². The molecule has 0 spiro atoms. The van der Waals surface area contributed by atoms with E-state index in [0.29, 0.717) is 43.1 Å². The van der Waals surface area contributed by atoms with Crippen LogP contribution in [0.1, 0.15) is 56.5 Å². The number of esters is 1. The van der Waals surface area contributed by atoms with E-state index in [-0.39, 0.29) is 24.0 Å². The van der Waals surface area contributed by atoms with Crippen molar-refractivity contribution in [3.05, 3.63) is 65.9 Å². The zero-order valence-corrected chi connectivity index (χ0v) is 26.5. The summed E-state index contributed by atoms with van der Waals surface area (Å²) in [6.07, 6.45) is 8.11. The second kappa shape index (κ2) is 16.0. The van der Waals surface area contributed by atoms with Crippen LogP contribution in [0, 0.1) is 5.92 Å². The summed E-state index contributed by atoms with van der Waals surface area (Å²) in [5, 5.41) is 10.9. The number of fused-ring (bicyclic) bond motifs is 2. The van der Waals surface area contributed by atoms with Crippen molar-refractivity contribution in [2.75, 3.05) is 31.9 Å². The molecule has 11 nitrogen and oxygen atoms in total. The van der Waals surface area contributed by atoms with E-state index in [4.69, 9.17) is 28.4 Å². The van der Waals surface area contributed by atoms with E-state index in [1.807, 2.05) is 51.1 Å². The number of methoxy groups -OCH3 is 1. The number of aliphatic hydroxyl groups excluding tert-OH is 1. The first-order chi connectivity index (χ1) is 21.6. The van der Waals surface area contributed by atoms with Crippen molar-refractivity contribution in [3.63, 3.8) is 0 Å². The number of benzene rings is 1. The predicted octanol–water partition coefficient (Wildman–Crippen LogP) is 4.18. The highest BCUT2D eigenvalue weighted by molar-refractivity contribution is 6.70. The molecule has 4 unspecified atom stereocenters. The second-order valence-corrected chi connectivity index (χ2v) is 11.4. The summed E-state index contributed by atoms with van der Waals surface area (Å²) in [5.74, 6) is -0.245. The number of nitrogens with zero attached hydrogens (tertiary/aromatic N) is 2. The fourth-order valence-corrected chi connectivity index (χ4v) is 5.12. The first-order valence-corrected chi connectivity index (χ1v) is 15.1. The third-order valence-electron chi connectivity index (χ3n) is 7.51. The molecule has 5 atom stereocenters. The fourth-order valence-electron chi connectivity index (χ4n) is 5.12. The molecule has 0 amide bonds. The smallest absolute Gasteiger partial charge is 0.342 e. The first-order valence-electron chi connectivity index (χ1n) is 15.1. The number of ether oxygens (including phenoxy) is 6. The minimum absolute atomic E-state index is 0.0932. The Labute approximate surface area is 265 Å². The monoisotopic (exact) mass is 621 g/mol. The average Bonchev–Trinajstić information content (AvgIpc) is 3.33. The molecule has 1 saturated heterocycles. The summed E-state index contributed by atoms with van der Waals surface area (Å²) >= 11 is 0. The van der Waals surface area contributed by atoms with Crippen molar-refractivity contribution in [2.45, 2.75) is 70.7 Å². The number of cyclic esters (lactones) is 1. The van der Waals surface area contributed by atoms with Gasteiger partial charge in [-0.25, -0.2) is 9.78 Å². The zero-order valence-electron chi connectivity index (χ0n) is 26.5. The highest BCUT2D eigenvalue weighted by atomic mass is 16.8. The lowest BCUT2D eigenvalue weighted by molar-refractivity contribution is -0.152. The van der Waals surface area contributed by atoms with E-state index in [1.165, 1.54) is 14.5 Å². The van der Waals surface area contributed by atoms with Crippen molar-refractivity contribution >= 4 is 31.5 Å². The fraction of sp³-hybridized carbons (Fsp3) is 0.485. The molecule has 0 bridgehead atoms. The lowest BCUT2D eigenvalue weighted by atomic mass is 9.94. The number of pyridine rings is 1. The Kier molecular flexibility index (Phi) is 12.2. The largest absolute Gasteiger partial charge is 0.493 e. The third kappa shape index (κ3) is 9.40. The Morgan fingerprint density at radius 2 is 2.00 bits per heavy atom. The van der Waals surface area contributed by atoms with Crippen molar-refractivity contribution in [2.24, 2.45) is 5.92 Å². The average molecular weight is 622 g/mol. The summed E-state index contributed by atoms with van der Waals surface area (Å²) < 4.78 is 35.1. The van der Waals surface area contributed by atoms with Crippen molar-refractivity contribution in [1.29, 1.82) is 0 Å². The molecule has 1 N–H and O–H groups in total. The van der Waals surface area contributed by atoms with Gasteiger partial charge in [-0.15, -0.1) is 0 Å². The molecule has 1 fully saturated rings. The molecule has 1 aromatic heterocycles. The molecule has 4 rings (SSSR count). The van der Waals surface area contributed by atoms with Crippen LogP contribution in [-0.4, -0.2) is 86.9 Å².